The summed E-state index contributed by atoms with van der Waals surface area (Å²) in [4.78, 5) is 17.9. The van der Waals surface area contributed by atoms with Crippen LogP contribution >= 0.6 is 0 Å². The van der Waals surface area contributed by atoms with Crippen LogP contribution in [0.2, 0.25) is 0 Å². The van der Waals surface area contributed by atoms with Crippen molar-refractivity contribution in [3.05, 3.63) is 59.4 Å². The number of amides is 1. The molecular formula is C25H27F4N3O. The number of fused-ring (bicyclic) bond motifs is 3. The number of benzene rings is 2. The summed E-state index contributed by atoms with van der Waals surface area (Å²) in [5.74, 6) is -1.15. The fourth-order valence-electron chi connectivity index (χ4n) is 5.69. The summed E-state index contributed by atoms with van der Waals surface area (Å²) >= 11 is 0. The van der Waals surface area contributed by atoms with Crippen LogP contribution in [0.5, 0.6) is 0 Å². The molecule has 2 aromatic carbocycles. The van der Waals surface area contributed by atoms with Crippen LogP contribution in [0.4, 0.5) is 28.9 Å². The topological polar surface area (TPSA) is 35.6 Å². The lowest BCUT2D eigenvalue weighted by Crippen LogP contribution is -2.61. The quantitative estimate of drug-likeness (QED) is 0.647. The molecule has 0 radical (unpaired) electrons. The number of carbonyl (C=O) groups is 1. The second-order valence-corrected chi connectivity index (χ2v) is 9.34. The molecule has 2 heterocycles. The molecule has 1 N–H and O–H groups in total. The van der Waals surface area contributed by atoms with Crippen LogP contribution in [-0.4, -0.2) is 42.5 Å². The molecule has 0 unspecified atom stereocenters. The van der Waals surface area contributed by atoms with E-state index < -0.39 is 23.5 Å². The Kier molecular flexibility index (Phi) is 5.80. The number of piperazine rings is 1. The standard InChI is InChI=1S/C25H27F4N3O/c26-18-6-8-19(9-7-18)30-24(33)21-14-16-13-17(25(27,28)29)5-10-22(16)32-12-11-31(15-23(21)32)20-3-1-2-4-20/h5-10,13,20-21,23H,1-4,11-12,14-15H2,(H,30,33)/t21-,23+/m0/s1. The summed E-state index contributed by atoms with van der Waals surface area (Å²) in [6.45, 7) is 2.24. The van der Waals surface area contributed by atoms with Crippen LogP contribution in [0.25, 0.3) is 0 Å². The van der Waals surface area contributed by atoms with Gasteiger partial charge in [0.05, 0.1) is 17.5 Å². The minimum Gasteiger partial charge on any atom is -0.365 e. The van der Waals surface area contributed by atoms with Crippen molar-refractivity contribution in [1.82, 2.24) is 4.90 Å². The van der Waals surface area contributed by atoms with E-state index in [2.05, 4.69) is 15.1 Å². The fraction of sp³-hybridized carbons (Fsp3) is 0.480. The van der Waals surface area contributed by atoms with Gasteiger partial charge in [0.25, 0.3) is 0 Å². The third-order valence-electron chi connectivity index (χ3n) is 7.36. The van der Waals surface area contributed by atoms with Gasteiger partial charge in [0, 0.05) is 37.1 Å². The summed E-state index contributed by atoms with van der Waals surface area (Å²) in [6.07, 6.45) is 0.556. The predicted molar refractivity (Wildman–Crippen MR) is 119 cm³/mol. The number of nitrogens with one attached hydrogen (secondary N) is 1. The molecule has 1 amide bonds. The second kappa shape index (κ2) is 8.63. The Balaban J connectivity index is 1.45. The molecule has 5 rings (SSSR count). The minimum atomic E-state index is -4.43. The van der Waals surface area contributed by atoms with E-state index >= 15 is 0 Å². The van der Waals surface area contributed by atoms with Crippen molar-refractivity contribution in [3.63, 3.8) is 0 Å². The molecule has 2 aliphatic heterocycles. The van der Waals surface area contributed by atoms with Crippen LogP contribution in [0.3, 0.4) is 0 Å². The van der Waals surface area contributed by atoms with E-state index in [4.69, 9.17) is 0 Å². The SMILES string of the molecule is O=C(Nc1ccc(F)cc1)[C@H]1Cc2cc(C(F)(F)F)ccc2N2CCN(C3CCCC3)C[C@H]12. The molecule has 0 bridgehead atoms. The molecule has 0 aromatic heterocycles. The zero-order chi connectivity index (χ0) is 23.2. The van der Waals surface area contributed by atoms with Crippen molar-refractivity contribution >= 4 is 17.3 Å². The first-order valence-electron chi connectivity index (χ1n) is 11.6. The molecule has 3 aliphatic rings. The molecule has 1 aliphatic carbocycles. The maximum atomic E-state index is 13.4. The van der Waals surface area contributed by atoms with Gasteiger partial charge in [-0.15, -0.1) is 0 Å². The van der Waals surface area contributed by atoms with Crippen molar-refractivity contribution in [3.8, 4) is 0 Å². The van der Waals surface area contributed by atoms with Gasteiger partial charge in [-0.25, -0.2) is 4.39 Å². The van der Waals surface area contributed by atoms with Gasteiger partial charge in [0.1, 0.15) is 5.82 Å². The highest BCUT2D eigenvalue weighted by Crippen LogP contribution is 2.41. The average molecular weight is 462 g/mol. The van der Waals surface area contributed by atoms with E-state index in [1.807, 2.05) is 0 Å². The Morgan fingerprint density at radius 3 is 2.42 bits per heavy atom. The number of halogens is 4. The lowest BCUT2D eigenvalue weighted by molar-refractivity contribution is -0.137. The van der Waals surface area contributed by atoms with Gasteiger partial charge in [-0.2, -0.15) is 13.2 Å². The zero-order valence-corrected chi connectivity index (χ0v) is 18.2. The number of carbonyl (C=O) groups excluding carboxylic acids is 1. The number of nitrogens with zero attached hydrogens (tertiary/aromatic N) is 2. The Labute approximate surface area is 190 Å². The van der Waals surface area contributed by atoms with Crippen LogP contribution < -0.4 is 10.2 Å². The van der Waals surface area contributed by atoms with Gasteiger partial charge in [-0.3, -0.25) is 9.69 Å². The van der Waals surface area contributed by atoms with Crippen molar-refractivity contribution < 1.29 is 22.4 Å². The first kappa shape index (κ1) is 22.2. The van der Waals surface area contributed by atoms with Crippen LogP contribution in [0.15, 0.2) is 42.5 Å². The molecule has 0 spiro atoms. The first-order valence-corrected chi connectivity index (χ1v) is 11.6. The van der Waals surface area contributed by atoms with Crippen molar-refractivity contribution in [1.29, 1.82) is 0 Å². The fourth-order valence-corrected chi connectivity index (χ4v) is 5.69. The monoisotopic (exact) mass is 461 g/mol. The lowest BCUT2D eigenvalue weighted by Gasteiger charge is -2.50. The van der Waals surface area contributed by atoms with Crippen LogP contribution in [0, 0.1) is 11.7 Å². The average Bonchev–Trinajstić information content (AvgIpc) is 3.33. The van der Waals surface area contributed by atoms with E-state index in [1.54, 1.807) is 6.07 Å². The van der Waals surface area contributed by atoms with Crippen molar-refractivity contribution in [2.24, 2.45) is 5.92 Å². The summed E-state index contributed by atoms with van der Waals surface area (Å²) in [5.41, 5.74) is 1.13. The van der Waals surface area contributed by atoms with Crippen molar-refractivity contribution in [2.45, 2.75) is 50.4 Å². The number of hydrogen-bond acceptors (Lipinski definition) is 3. The molecule has 1 saturated carbocycles. The highest BCUT2D eigenvalue weighted by molar-refractivity contribution is 5.94. The second-order valence-electron chi connectivity index (χ2n) is 9.34. The van der Waals surface area contributed by atoms with Crippen LogP contribution in [-0.2, 0) is 17.4 Å². The van der Waals surface area contributed by atoms with E-state index in [0.29, 0.717) is 30.4 Å². The molecule has 33 heavy (non-hydrogen) atoms. The minimum absolute atomic E-state index is 0.121. The normalized spacial score (nSPS) is 23.8. The lowest BCUT2D eigenvalue weighted by atomic mass is 9.82. The van der Waals surface area contributed by atoms with E-state index in [-0.39, 0.29) is 18.4 Å². The number of hydrogen-bond donors (Lipinski definition) is 1. The van der Waals surface area contributed by atoms with Gasteiger partial charge in [-0.05, 0) is 67.3 Å². The van der Waals surface area contributed by atoms with Gasteiger partial charge < -0.3 is 10.2 Å². The number of alkyl halides is 3. The van der Waals surface area contributed by atoms with E-state index in [9.17, 15) is 22.4 Å². The maximum Gasteiger partial charge on any atom is 0.416 e. The summed E-state index contributed by atoms with van der Waals surface area (Å²) < 4.78 is 53.4. The number of anilines is 2. The Bertz CT molecular complexity index is 1020. The zero-order valence-electron chi connectivity index (χ0n) is 18.2. The highest BCUT2D eigenvalue weighted by atomic mass is 19.4. The highest BCUT2D eigenvalue weighted by Gasteiger charge is 2.44. The molecule has 2 fully saturated rings. The van der Waals surface area contributed by atoms with Gasteiger partial charge in [0.2, 0.25) is 5.91 Å². The molecule has 2 aromatic rings. The van der Waals surface area contributed by atoms with Crippen LogP contribution in [0.1, 0.15) is 36.8 Å². The molecule has 8 heteroatoms. The van der Waals surface area contributed by atoms with Gasteiger partial charge in [-0.1, -0.05) is 12.8 Å². The van der Waals surface area contributed by atoms with Gasteiger partial charge >= 0.3 is 6.18 Å². The number of rotatable bonds is 3. The van der Waals surface area contributed by atoms with E-state index in [0.717, 1.165) is 31.1 Å². The molecule has 1 saturated heterocycles. The maximum absolute atomic E-state index is 13.4. The summed E-state index contributed by atoms with van der Waals surface area (Å²) in [5, 5.41) is 2.86. The first-order chi connectivity index (χ1) is 15.8. The van der Waals surface area contributed by atoms with Crippen molar-refractivity contribution in [2.75, 3.05) is 29.9 Å². The van der Waals surface area contributed by atoms with Gasteiger partial charge in [0.15, 0.2) is 0 Å². The van der Waals surface area contributed by atoms with E-state index in [1.165, 1.54) is 43.2 Å². The molecular weight excluding hydrogens is 434 g/mol. The Morgan fingerprint density at radius 1 is 1.00 bits per heavy atom. The molecule has 176 valence electrons. The summed E-state index contributed by atoms with van der Waals surface area (Å²) in [7, 11) is 0. The molecule has 4 nitrogen and oxygen atoms in total. The third-order valence-corrected chi connectivity index (χ3v) is 7.36. The third kappa shape index (κ3) is 4.45. The predicted octanol–water partition coefficient (Wildman–Crippen LogP) is 5.09. The summed E-state index contributed by atoms with van der Waals surface area (Å²) in [6, 6.07) is 9.82. The smallest absolute Gasteiger partial charge is 0.365 e. The molecule has 2 atom stereocenters. The Morgan fingerprint density at radius 2 is 1.73 bits per heavy atom. The Hall–Kier alpha value is -2.61. The largest absolute Gasteiger partial charge is 0.416 e.